The summed E-state index contributed by atoms with van der Waals surface area (Å²) in [5.74, 6) is 2.19. The lowest BCUT2D eigenvalue weighted by Crippen LogP contribution is -2.22. The molecule has 0 saturated carbocycles. The van der Waals surface area contributed by atoms with Gasteiger partial charge in [-0.05, 0) is 48.7 Å². The molecule has 1 aromatic heterocycles. The number of ether oxygens (including phenoxy) is 3. The Hall–Kier alpha value is -3.59. The number of fused-ring (bicyclic) bond motifs is 1. The fraction of sp³-hybridized carbons (Fsp3) is 0.217. The van der Waals surface area contributed by atoms with Gasteiger partial charge in [0.25, 0.3) is 5.91 Å². The summed E-state index contributed by atoms with van der Waals surface area (Å²) in [6.45, 7) is 0.0771. The Morgan fingerprint density at radius 2 is 1.84 bits per heavy atom. The predicted molar refractivity (Wildman–Crippen MR) is 119 cm³/mol. The van der Waals surface area contributed by atoms with Crippen molar-refractivity contribution in [2.45, 2.75) is 18.9 Å². The minimum Gasteiger partial charge on any atom is -0.486 e. The van der Waals surface area contributed by atoms with E-state index in [-0.39, 0.29) is 18.6 Å². The molecule has 32 heavy (non-hydrogen) atoms. The number of rotatable bonds is 6. The second-order valence-electron chi connectivity index (χ2n) is 7.39. The van der Waals surface area contributed by atoms with Crippen molar-refractivity contribution >= 4 is 22.8 Å². The van der Waals surface area contributed by atoms with Gasteiger partial charge in [0, 0.05) is 17.7 Å². The minimum absolute atomic E-state index is 0.0771. The number of hydrogen-bond acceptors (Lipinski definition) is 6. The van der Waals surface area contributed by atoms with E-state index >= 15 is 0 Å². The van der Waals surface area contributed by atoms with Crippen LogP contribution >= 0.6 is 0 Å². The van der Waals surface area contributed by atoms with Gasteiger partial charge in [-0.1, -0.05) is 18.2 Å². The van der Waals surface area contributed by atoms with E-state index in [9.17, 15) is 9.00 Å². The second kappa shape index (κ2) is 8.51. The van der Waals surface area contributed by atoms with E-state index in [0.717, 1.165) is 29.7 Å². The van der Waals surface area contributed by atoms with E-state index in [2.05, 4.69) is 15.8 Å². The summed E-state index contributed by atoms with van der Waals surface area (Å²) in [6, 6.07) is 18.6. The Labute approximate surface area is 187 Å². The Balaban J connectivity index is 1.31. The van der Waals surface area contributed by atoms with E-state index < -0.39 is 11.2 Å². The minimum atomic E-state index is -1.54. The van der Waals surface area contributed by atoms with Gasteiger partial charge in [0.15, 0.2) is 0 Å². The third kappa shape index (κ3) is 3.99. The van der Waals surface area contributed by atoms with Gasteiger partial charge in [-0.3, -0.25) is 13.8 Å². The van der Waals surface area contributed by atoms with Crippen LogP contribution in [0.15, 0.2) is 60.7 Å². The fourth-order valence-electron chi connectivity index (χ4n) is 3.90. The molecule has 2 unspecified atom stereocenters. The number of methoxy groups -OCH3 is 1. The number of hydrogen-bond donors (Lipinski definition) is 1. The first-order valence-corrected chi connectivity index (χ1v) is 11.3. The van der Waals surface area contributed by atoms with Gasteiger partial charge < -0.3 is 14.2 Å². The molecule has 2 atom stereocenters. The molecule has 1 aliphatic heterocycles. The summed E-state index contributed by atoms with van der Waals surface area (Å²) in [6.07, 6.45) is 1.57. The average Bonchev–Trinajstić information content (AvgIpc) is 3.37. The zero-order chi connectivity index (χ0) is 22.1. The number of aromatic nitrogens is 1. The Morgan fingerprint density at radius 1 is 1.06 bits per heavy atom. The van der Waals surface area contributed by atoms with Crippen molar-refractivity contribution in [1.82, 2.24) is 9.71 Å². The summed E-state index contributed by atoms with van der Waals surface area (Å²) >= 11 is -1.54. The molecule has 2 heterocycles. The van der Waals surface area contributed by atoms with Gasteiger partial charge in [0.05, 0.1) is 12.8 Å². The van der Waals surface area contributed by atoms with Crippen LogP contribution in [0.1, 0.15) is 23.7 Å². The molecule has 5 rings (SSSR count). The third-order valence-corrected chi connectivity index (χ3v) is 6.53. The number of nitrogens with zero attached hydrogens (tertiary/aromatic N) is 2. The SMILES string of the molecule is COc1cccc(Oc2cccc3c2CCC3Oc2ccc(N3CC(=O)NS3=O)cc2)n1. The number of nitrogens with one attached hydrogen (secondary N) is 1. The maximum Gasteiger partial charge on any atom is 0.253 e. The lowest BCUT2D eigenvalue weighted by molar-refractivity contribution is -0.117. The van der Waals surface area contributed by atoms with Crippen molar-refractivity contribution in [3.63, 3.8) is 0 Å². The first-order chi connectivity index (χ1) is 15.6. The van der Waals surface area contributed by atoms with Crippen LogP contribution in [0.3, 0.4) is 0 Å². The Kier molecular flexibility index (Phi) is 5.40. The molecule has 0 bridgehead atoms. The maximum absolute atomic E-state index is 11.9. The smallest absolute Gasteiger partial charge is 0.253 e. The lowest BCUT2D eigenvalue weighted by Gasteiger charge is -2.17. The standard InChI is InChI=1S/C23H21N3O5S/c1-29-22-6-3-7-23(24-22)31-19-5-2-4-17-18(19)12-13-20(17)30-16-10-8-15(9-11-16)26-14-21(27)25-32(26)28/h2-11,20H,12-14H2,1H3,(H,25,27). The quantitative estimate of drug-likeness (QED) is 0.617. The van der Waals surface area contributed by atoms with E-state index in [1.807, 2.05) is 30.3 Å². The largest absolute Gasteiger partial charge is 0.486 e. The van der Waals surface area contributed by atoms with Crippen LogP contribution < -0.4 is 23.2 Å². The van der Waals surface area contributed by atoms with Gasteiger partial charge in [-0.15, -0.1) is 0 Å². The molecule has 1 N–H and O–H groups in total. The van der Waals surface area contributed by atoms with Crippen molar-refractivity contribution < 1.29 is 23.2 Å². The highest BCUT2D eigenvalue weighted by Gasteiger charge is 2.29. The monoisotopic (exact) mass is 451 g/mol. The Bertz CT molecular complexity index is 1180. The number of carbonyl (C=O) groups excluding carboxylic acids is 1. The van der Waals surface area contributed by atoms with Gasteiger partial charge in [0.2, 0.25) is 22.9 Å². The summed E-state index contributed by atoms with van der Waals surface area (Å²) in [5, 5.41) is 0. The Morgan fingerprint density at radius 3 is 2.59 bits per heavy atom. The highest BCUT2D eigenvalue weighted by Crippen LogP contribution is 2.41. The van der Waals surface area contributed by atoms with Gasteiger partial charge in [0.1, 0.15) is 24.1 Å². The average molecular weight is 452 g/mol. The highest BCUT2D eigenvalue weighted by molar-refractivity contribution is 7.85. The molecule has 2 aliphatic rings. The first kappa shape index (κ1) is 20.3. The molecule has 0 radical (unpaired) electrons. The van der Waals surface area contributed by atoms with Crippen molar-refractivity contribution in [2.75, 3.05) is 18.0 Å². The molecular formula is C23H21N3O5S. The normalized spacial score (nSPS) is 19.4. The summed E-state index contributed by atoms with van der Waals surface area (Å²) < 4.78 is 33.3. The van der Waals surface area contributed by atoms with Crippen molar-refractivity contribution in [2.24, 2.45) is 0 Å². The molecule has 3 aromatic rings. The number of carbonyl (C=O) groups is 1. The number of benzene rings is 2. The zero-order valence-corrected chi connectivity index (χ0v) is 18.1. The fourth-order valence-corrected chi connectivity index (χ4v) is 4.81. The summed E-state index contributed by atoms with van der Waals surface area (Å²) in [4.78, 5) is 15.8. The topological polar surface area (TPSA) is 90.0 Å². The van der Waals surface area contributed by atoms with Gasteiger partial charge in [-0.2, -0.15) is 4.98 Å². The van der Waals surface area contributed by atoms with Crippen LogP contribution in [-0.4, -0.2) is 28.8 Å². The van der Waals surface area contributed by atoms with Crippen molar-refractivity contribution in [3.8, 4) is 23.3 Å². The van der Waals surface area contributed by atoms with E-state index in [1.165, 1.54) is 4.31 Å². The second-order valence-corrected chi connectivity index (χ2v) is 8.54. The molecule has 9 heteroatoms. The van der Waals surface area contributed by atoms with Crippen molar-refractivity contribution in [3.05, 3.63) is 71.8 Å². The lowest BCUT2D eigenvalue weighted by atomic mass is 10.1. The molecule has 8 nitrogen and oxygen atoms in total. The van der Waals surface area contributed by atoms with Crippen LogP contribution in [0.5, 0.6) is 23.3 Å². The summed E-state index contributed by atoms with van der Waals surface area (Å²) in [5.41, 5.74) is 2.89. The van der Waals surface area contributed by atoms with Crippen molar-refractivity contribution in [1.29, 1.82) is 0 Å². The molecule has 1 saturated heterocycles. The van der Waals surface area contributed by atoms with Crippen LogP contribution in [0.4, 0.5) is 5.69 Å². The molecule has 0 spiro atoms. The predicted octanol–water partition coefficient (Wildman–Crippen LogP) is 3.46. The van der Waals surface area contributed by atoms with Crippen LogP contribution in [0.2, 0.25) is 0 Å². The molecule has 1 aliphatic carbocycles. The number of amides is 1. The van der Waals surface area contributed by atoms with E-state index in [0.29, 0.717) is 23.2 Å². The first-order valence-electron chi connectivity index (χ1n) is 10.2. The maximum atomic E-state index is 11.9. The molecule has 164 valence electrons. The van der Waals surface area contributed by atoms with E-state index in [1.54, 1.807) is 31.4 Å². The van der Waals surface area contributed by atoms with Crippen LogP contribution in [-0.2, 0) is 22.4 Å². The summed E-state index contributed by atoms with van der Waals surface area (Å²) in [7, 11) is 1.57. The van der Waals surface area contributed by atoms with E-state index in [4.69, 9.17) is 14.2 Å². The van der Waals surface area contributed by atoms with Crippen LogP contribution in [0, 0.1) is 0 Å². The zero-order valence-electron chi connectivity index (χ0n) is 17.3. The molecule has 2 aromatic carbocycles. The number of anilines is 1. The van der Waals surface area contributed by atoms with Gasteiger partial charge in [-0.25, -0.2) is 4.21 Å². The number of pyridine rings is 1. The molecular weight excluding hydrogens is 430 g/mol. The highest BCUT2D eigenvalue weighted by atomic mass is 32.2. The molecule has 1 fully saturated rings. The third-order valence-electron chi connectivity index (χ3n) is 5.39. The van der Waals surface area contributed by atoms with Gasteiger partial charge >= 0.3 is 0 Å². The van der Waals surface area contributed by atoms with Crippen LogP contribution in [0.25, 0.3) is 0 Å². The molecule has 1 amide bonds.